The molecule has 19 heavy (non-hydrogen) atoms. The molecule has 0 saturated heterocycles. The minimum atomic E-state index is -1.12. The number of aromatic nitrogens is 1. The van der Waals surface area contributed by atoms with Crippen molar-refractivity contribution in [3.8, 4) is 0 Å². The highest BCUT2D eigenvalue weighted by Gasteiger charge is 2.30. The molecule has 0 spiro atoms. The van der Waals surface area contributed by atoms with Crippen LogP contribution in [-0.4, -0.2) is 14.3 Å². The van der Waals surface area contributed by atoms with E-state index in [0.717, 1.165) is 23.0 Å². The second kappa shape index (κ2) is 7.43. The van der Waals surface area contributed by atoms with Gasteiger partial charge in [-0.2, -0.15) is 0 Å². The van der Waals surface area contributed by atoms with Gasteiger partial charge in [-0.15, -0.1) is 11.3 Å². The molecule has 1 N–H and O–H groups in total. The van der Waals surface area contributed by atoms with Crippen molar-refractivity contribution in [2.24, 2.45) is 0 Å². The van der Waals surface area contributed by atoms with Gasteiger partial charge in [-0.25, -0.2) is 0 Å². The molecule has 0 bridgehead atoms. The van der Waals surface area contributed by atoms with Gasteiger partial charge < -0.3 is 4.55 Å². The van der Waals surface area contributed by atoms with E-state index in [1.807, 2.05) is 39.0 Å². The molecule has 0 unspecified atom stereocenters. The van der Waals surface area contributed by atoms with Gasteiger partial charge in [-0.05, 0) is 61.7 Å². The first kappa shape index (κ1) is 16.7. The number of hydrogen-bond donors (Lipinski definition) is 1. The summed E-state index contributed by atoms with van der Waals surface area (Å²) < 4.78 is 16.1. The van der Waals surface area contributed by atoms with Gasteiger partial charge in [0.15, 0.2) is 0 Å². The molecule has 0 aliphatic carbocycles. The summed E-state index contributed by atoms with van der Waals surface area (Å²) in [4.78, 5) is 4.39. The SMILES string of the molecule is C=CCC[C@@H](N[S@@+]([O-])C(C)(C)C)c1ncccc1Br. The quantitative estimate of drug-likeness (QED) is 0.628. The second-order valence-corrected chi connectivity index (χ2v) is 8.14. The highest BCUT2D eigenvalue weighted by molar-refractivity contribution is 9.10. The zero-order valence-electron chi connectivity index (χ0n) is 11.6. The topological polar surface area (TPSA) is 48.0 Å². The second-order valence-electron chi connectivity index (χ2n) is 5.29. The first-order valence-corrected chi connectivity index (χ1v) is 8.20. The first-order valence-electron chi connectivity index (χ1n) is 6.25. The van der Waals surface area contributed by atoms with Crippen LogP contribution in [0.5, 0.6) is 0 Å². The molecule has 5 heteroatoms. The molecule has 0 aromatic carbocycles. The number of nitrogens with one attached hydrogen (secondary N) is 1. The molecule has 106 valence electrons. The smallest absolute Gasteiger partial charge is 0.136 e. The van der Waals surface area contributed by atoms with Crippen LogP contribution in [-0.2, 0) is 11.4 Å². The summed E-state index contributed by atoms with van der Waals surface area (Å²) in [5.74, 6) is 0. The molecular formula is C14H21BrN2OS. The highest BCUT2D eigenvalue weighted by atomic mass is 79.9. The molecular weight excluding hydrogens is 324 g/mol. The van der Waals surface area contributed by atoms with Crippen LogP contribution in [0.4, 0.5) is 0 Å². The Hall–Kier alpha value is -0.360. The Morgan fingerprint density at radius 3 is 2.79 bits per heavy atom. The minimum Gasteiger partial charge on any atom is -0.598 e. The summed E-state index contributed by atoms with van der Waals surface area (Å²) in [5.41, 5.74) is 0.891. The van der Waals surface area contributed by atoms with E-state index in [1.165, 1.54) is 0 Å². The molecule has 1 rings (SSSR count). The lowest BCUT2D eigenvalue weighted by atomic mass is 10.1. The van der Waals surface area contributed by atoms with Crippen LogP contribution < -0.4 is 4.72 Å². The maximum absolute atomic E-state index is 12.3. The van der Waals surface area contributed by atoms with E-state index in [-0.39, 0.29) is 10.8 Å². The van der Waals surface area contributed by atoms with Crippen LogP contribution in [0.15, 0.2) is 35.5 Å². The Labute approximate surface area is 127 Å². The monoisotopic (exact) mass is 344 g/mol. The summed E-state index contributed by atoms with van der Waals surface area (Å²) in [7, 11) is 0. The average molecular weight is 345 g/mol. The van der Waals surface area contributed by atoms with Gasteiger partial charge in [0.25, 0.3) is 0 Å². The van der Waals surface area contributed by atoms with E-state index in [9.17, 15) is 4.55 Å². The normalized spacial score (nSPS) is 15.0. The maximum atomic E-state index is 12.3. The van der Waals surface area contributed by atoms with Gasteiger partial charge in [0.2, 0.25) is 0 Å². The summed E-state index contributed by atoms with van der Waals surface area (Å²) in [6.07, 6.45) is 5.29. The zero-order chi connectivity index (χ0) is 14.5. The minimum absolute atomic E-state index is 0.0476. The van der Waals surface area contributed by atoms with E-state index in [4.69, 9.17) is 0 Å². The molecule has 0 amide bonds. The Kier molecular flexibility index (Phi) is 6.53. The lowest BCUT2D eigenvalue weighted by molar-refractivity contribution is 0.508. The lowest BCUT2D eigenvalue weighted by Crippen LogP contribution is -2.41. The number of nitrogens with zero attached hydrogens (tertiary/aromatic N) is 1. The molecule has 0 aliphatic rings. The summed E-state index contributed by atoms with van der Waals surface area (Å²) in [5, 5.41) is 0. The van der Waals surface area contributed by atoms with E-state index < -0.39 is 11.4 Å². The lowest BCUT2D eigenvalue weighted by Gasteiger charge is -2.28. The fraction of sp³-hybridized carbons (Fsp3) is 0.500. The molecule has 2 atom stereocenters. The van der Waals surface area contributed by atoms with Crippen molar-refractivity contribution in [1.82, 2.24) is 9.71 Å². The van der Waals surface area contributed by atoms with Gasteiger partial charge in [-0.1, -0.05) is 6.08 Å². The predicted octanol–water partition coefficient (Wildman–Crippen LogP) is 3.90. The van der Waals surface area contributed by atoms with Crippen molar-refractivity contribution in [2.75, 3.05) is 0 Å². The van der Waals surface area contributed by atoms with Crippen molar-refractivity contribution in [3.05, 3.63) is 41.2 Å². The van der Waals surface area contributed by atoms with Gasteiger partial charge in [0, 0.05) is 22.0 Å². The fourth-order valence-electron chi connectivity index (χ4n) is 1.50. The third kappa shape index (κ3) is 5.26. The van der Waals surface area contributed by atoms with Crippen molar-refractivity contribution in [1.29, 1.82) is 0 Å². The van der Waals surface area contributed by atoms with Crippen LogP contribution >= 0.6 is 15.9 Å². The van der Waals surface area contributed by atoms with Crippen LogP contribution in [0.1, 0.15) is 45.3 Å². The molecule has 0 radical (unpaired) electrons. The van der Waals surface area contributed by atoms with Crippen LogP contribution in [0.2, 0.25) is 0 Å². The highest BCUT2D eigenvalue weighted by Crippen LogP contribution is 2.27. The molecule has 0 aliphatic heterocycles. The van der Waals surface area contributed by atoms with E-state index in [2.05, 4.69) is 32.2 Å². The van der Waals surface area contributed by atoms with Gasteiger partial charge in [-0.3, -0.25) is 4.98 Å². The van der Waals surface area contributed by atoms with Crippen molar-refractivity contribution >= 4 is 27.3 Å². The maximum Gasteiger partial charge on any atom is 0.136 e. The van der Waals surface area contributed by atoms with Crippen molar-refractivity contribution in [3.63, 3.8) is 0 Å². The third-order valence-corrected chi connectivity index (χ3v) is 4.86. The van der Waals surface area contributed by atoms with E-state index >= 15 is 0 Å². The zero-order valence-corrected chi connectivity index (χ0v) is 14.1. The number of allylic oxidation sites excluding steroid dienone is 1. The van der Waals surface area contributed by atoms with Crippen LogP contribution in [0.25, 0.3) is 0 Å². The Bertz CT molecular complexity index is 420. The van der Waals surface area contributed by atoms with Crippen LogP contribution in [0, 0.1) is 0 Å². The molecule has 1 aromatic rings. The van der Waals surface area contributed by atoms with Gasteiger partial charge in [0.1, 0.15) is 4.75 Å². The molecule has 1 aromatic heterocycles. The summed E-state index contributed by atoms with van der Waals surface area (Å²) in [6, 6.07) is 3.78. The summed E-state index contributed by atoms with van der Waals surface area (Å²) >= 11 is 2.38. The third-order valence-electron chi connectivity index (χ3n) is 2.58. The average Bonchev–Trinajstić information content (AvgIpc) is 2.34. The number of hydrogen-bond acceptors (Lipinski definition) is 3. The Balaban J connectivity index is 2.89. The van der Waals surface area contributed by atoms with Gasteiger partial charge >= 0.3 is 0 Å². The first-order chi connectivity index (χ1) is 8.86. The molecule has 3 nitrogen and oxygen atoms in total. The summed E-state index contributed by atoms with van der Waals surface area (Å²) in [6.45, 7) is 9.60. The van der Waals surface area contributed by atoms with Crippen LogP contribution in [0.3, 0.4) is 0 Å². The number of halogens is 1. The number of rotatable bonds is 6. The molecule has 1 heterocycles. The predicted molar refractivity (Wildman–Crippen MR) is 85.1 cm³/mol. The van der Waals surface area contributed by atoms with E-state index in [1.54, 1.807) is 6.20 Å². The van der Waals surface area contributed by atoms with E-state index in [0.29, 0.717) is 0 Å². The molecule has 0 saturated carbocycles. The largest absolute Gasteiger partial charge is 0.598 e. The fourth-order valence-corrected chi connectivity index (χ4v) is 2.87. The van der Waals surface area contributed by atoms with Crippen molar-refractivity contribution < 1.29 is 4.55 Å². The Morgan fingerprint density at radius 2 is 2.26 bits per heavy atom. The number of pyridine rings is 1. The molecule has 0 fully saturated rings. The van der Waals surface area contributed by atoms with Gasteiger partial charge in [0.05, 0.1) is 11.7 Å². The standard InChI is InChI=1S/C14H21BrN2OS/c1-5-6-9-12(17-19(18)14(2,3)4)13-11(15)8-7-10-16-13/h5,7-8,10,12,17H,1,6,9H2,2-4H3/t12-,19+/m1/s1. The Morgan fingerprint density at radius 1 is 1.58 bits per heavy atom. The van der Waals surface area contributed by atoms with Crippen molar-refractivity contribution in [2.45, 2.75) is 44.4 Å².